The maximum Gasteiger partial charge on any atom is 0.134 e. The second-order valence-corrected chi connectivity index (χ2v) is 5.02. The van der Waals surface area contributed by atoms with Gasteiger partial charge in [-0.15, -0.1) is 0 Å². The molecule has 0 amide bonds. The van der Waals surface area contributed by atoms with Crippen molar-refractivity contribution in [2.75, 3.05) is 11.9 Å². The summed E-state index contributed by atoms with van der Waals surface area (Å²) in [6.45, 7) is 3.34. The summed E-state index contributed by atoms with van der Waals surface area (Å²) >= 11 is 5.80. The van der Waals surface area contributed by atoms with E-state index in [2.05, 4.69) is 22.2 Å². The third kappa shape index (κ3) is 3.08. The van der Waals surface area contributed by atoms with E-state index in [0.717, 1.165) is 24.2 Å². The van der Waals surface area contributed by atoms with Crippen molar-refractivity contribution in [3.8, 4) is 0 Å². The number of hydrogen-bond acceptors (Lipinski definition) is 3. The molecule has 0 bridgehead atoms. The van der Waals surface area contributed by atoms with Crippen molar-refractivity contribution in [1.29, 1.82) is 0 Å². The lowest BCUT2D eigenvalue weighted by atomic mass is 9.80. The Bertz CT molecular complexity index is 343. The molecule has 2 atom stereocenters. The molecule has 3 nitrogen and oxygen atoms in total. The minimum absolute atomic E-state index is 0.495. The monoisotopic (exact) mass is 239 g/mol. The van der Waals surface area contributed by atoms with Gasteiger partial charge in [0.15, 0.2) is 0 Å². The van der Waals surface area contributed by atoms with Crippen LogP contribution in [0.4, 0.5) is 5.82 Å². The first-order valence-corrected chi connectivity index (χ1v) is 6.35. The molecule has 0 radical (unpaired) electrons. The Morgan fingerprint density at radius 3 is 2.94 bits per heavy atom. The van der Waals surface area contributed by atoms with Gasteiger partial charge in [0.2, 0.25) is 0 Å². The zero-order valence-corrected chi connectivity index (χ0v) is 10.4. The summed E-state index contributed by atoms with van der Waals surface area (Å²) in [6, 6.07) is 1.77. The van der Waals surface area contributed by atoms with Crippen LogP contribution < -0.4 is 5.32 Å². The predicted molar refractivity (Wildman–Crippen MR) is 66.7 cm³/mol. The topological polar surface area (TPSA) is 37.8 Å². The Kier molecular flexibility index (Phi) is 3.99. The van der Waals surface area contributed by atoms with Crippen molar-refractivity contribution in [3.05, 3.63) is 17.5 Å². The fourth-order valence-corrected chi connectivity index (χ4v) is 2.51. The average Bonchev–Trinajstić information content (AvgIpc) is 2.28. The van der Waals surface area contributed by atoms with Crippen LogP contribution in [0.3, 0.4) is 0 Å². The van der Waals surface area contributed by atoms with Crippen LogP contribution in [-0.4, -0.2) is 16.5 Å². The lowest BCUT2D eigenvalue weighted by Gasteiger charge is -2.28. The standard InChI is InChI=1S/C12H18ClN3/c1-9-4-2-3-5-10(9)7-14-12-6-11(13)15-8-16-12/h6,8-10H,2-5,7H2,1H3,(H,14,15,16). The smallest absolute Gasteiger partial charge is 0.134 e. The molecular formula is C12H18ClN3. The van der Waals surface area contributed by atoms with Gasteiger partial charge < -0.3 is 5.32 Å². The number of hydrogen-bond donors (Lipinski definition) is 1. The Morgan fingerprint density at radius 2 is 2.19 bits per heavy atom. The summed E-state index contributed by atoms with van der Waals surface area (Å²) in [4.78, 5) is 8.01. The Hall–Kier alpha value is -0.830. The zero-order valence-electron chi connectivity index (χ0n) is 9.62. The van der Waals surface area contributed by atoms with Crippen molar-refractivity contribution >= 4 is 17.4 Å². The van der Waals surface area contributed by atoms with Crippen molar-refractivity contribution in [3.63, 3.8) is 0 Å². The summed E-state index contributed by atoms with van der Waals surface area (Å²) in [7, 11) is 0. The van der Waals surface area contributed by atoms with Crippen LogP contribution in [0.25, 0.3) is 0 Å². The number of nitrogens with one attached hydrogen (secondary N) is 1. The molecule has 1 saturated carbocycles. The van der Waals surface area contributed by atoms with Crippen molar-refractivity contribution in [2.24, 2.45) is 11.8 Å². The third-order valence-corrected chi connectivity index (χ3v) is 3.67. The van der Waals surface area contributed by atoms with Crippen LogP contribution in [0, 0.1) is 11.8 Å². The molecule has 1 N–H and O–H groups in total. The molecular weight excluding hydrogens is 222 g/mol. The van der Waals surface area contributed by atoms with Gasteiger partial charge >= 0.3 is 0 Å². The molecule has 2 unspecified atom stereocenters. The molecule has 1 aromatic rings. The fourth-order valence-electron chi connectivity index (χ4n) is 2.36. The molecule has 16 heavy (non-hydrogen) atoms. The summed E-state index contributed by atoms with van der Waals surface area (Å²) in [5.74, 6) is 2.42. The minimum atomic E-state index is 0.495. The van der Waals surface area contributed by atoms with Gasteiger partial charge in [-0.25, -0.2) is 9.97 Å². The largest absolute Gasteiger partial charge is 0.370 e. The van der Waals surface area contributed by atoms with Gasteiger partial charge in [0, 0.05) is 12.6 Å². The van der Waals surface area contributed by atoms with E-state index in [1.165, 1.54) is 32.0 Å². The van der Waals surface area contributed by atoms with Gasteiger partial charge in [-0.3, -0.25) is 0 Å². The van der Waals surface area contributed by atoms with Crippen molar-refractivity contribution < 1.29 is 0 Å². The lowest BCUT2D eigenvalue weighted by Crippen LogP contribution is -2.24. The van der Waals surface area contributed by atoms with E-state index in [0.29, 0.717) is 5.15 Å². The number of rotatable bonds is 3. The maximum atomic E-state index is 5.80. The number of aromatic nitrogens is 2. The molecule has 88 valence electrons. The Morgan fingerprint density at radius 1 is 1.38 bits per heavy atom. The van der Waals surface area contributed by atoms with Gasteiger partial charge in [-0.05, 0) is 18.3 Å². The molecule has 4 heteroatoms. The Balaban J connectivity index is 1.86. The van der Waals surface area contributed by atoms with Crippen LogP contribution in [0.1, 0.15) is 32.6 Å². The number of anilines is 1. The second kappa shape index (κ2) is 5.48. The molecule has 2 rings (SSSR count). The number of halogens is 1. The van der Waals surface area contributed by atoms with Crippen LogP contribution >= 0.6 is 11.6 Å². The molecule has 1 aliphatic rings. The molecule has 1 aromatic heterocycles. The second-order valence-electron chi connectivity index (χ2n) is 4.63. The summed E-state index contributed by atoms with van der Waals surface area (Å²) < 4.78 is 0. The highest BCUT2D eigenvalue weighted by Gasteiger charge is 2.20. The van der Waals surface area contributed by atoms with Gasteiger partial charge in [-0.2, -0.15) is 0 Å². The van der Waals surface area contributed by atoms with Crippen molar-refractivity contribution in [1.82, 2.24) is 9.97 Å². The highest BCUT2D eigenvalue weighted by Crippen LogP contribution is 2.29. The molecule has 1 aliphatic carbocycles. The lowest BCUT2D eigenvalue weighted by molar-refractivity contribution is 0.268. The van der Waals surface area contributed by atoms with E-state index >= 15 is 0 Å². The number of nitrogens with zero attached hydrogens (tertiary/aromatic N) is 2. The molecule has 0 spiro atoms. The Labute approximate surface area is 102 Å². The molecule has 0 aromatic carbocycles. The van der Waals surface area contributed by atoms with E-state index in [9.17, 15) is 0 Å². The fraction of sp³-hybridized carbons (Fsp3) is 0.667. The van der Waals surface area contributed by atoms with Gasteiger partial charge in [0.1, 0.15) is 17.3 Å². The first kappa shape index (κ1) is 11.6. The average molecular weight is 240 g/mol. The molecule has 1 heterocycles. The highest BCUT2D eigenvalue weighted by atomic mass is 35.5. The van der Waals surface area contributed by atoms with Gasteiger partial charge in [-0.1, -0.05) is 37.8 Å². The van der Waals surface area contributed by atoms with E-state index in [1.54, 1.807) is 6.07 Å². The van der Waals surface area contributed by atoms with Gasteiger partial charge in [0.05, 0.1) is 0 Å². The van der Waals surface area contributed by atoms with E-state index in [-0.39, 0.29) is 0 Å². The van der Waals surface area contributed by atoms with Crippen LogP contribution in [0.15, 0.2) is 12.4 Å². The predicted octanol–water partition coefficient (Wildman–Crippen LogP) is 3.37. The van der Waals surface area contributed by atoms with E-state index in [4.69, 9.17) is 11.6 Å². The molecule has 1 fully saturated rings. The maximum absolute atomic E-state index is 5.80. The van der Waals surface area contributed by atoms with Crippen LogP contribution in [0.5, 0.6) is 0 Å². The minimum Gasteiger partial charge on any atom is -0.370 e. The van der Waals surface area contributed by atoms with Crippen molar-refractivity contribution in [2.45, 2.75) is 32.6 Å². The first-order chi connectivity index (χ1) is 7.75. The quantitative estimate of drug-likeness (QED) is 0.822. The van der Waals surface area contributed by atoms with Crippen LogP contribution in [-0.2, 0) is 0 Å². The van der Waals surface area contributed by atoms with E-state index in [1.807, 2.05) is 0 Å². The zero-order chi connectivity index (χ0) is 11.4. The summed E-state index contributed by atoms with van der Waals surface area (Å²) in [6.07, 6.45) is 6.93. The van der Waals surface area contributed by atoms with E-state index < -0.39 is 0 Å². The van der Waals surface area contributed by atoms with Gasteiger partial charge in [0.25, 0.3) is 0 Å². The first-order valence-electron chi connectivity index (χ1n) is 5.97. The normalized spacial score (nSPS) is 25.4. The highest BCUT2D eigenvalue weighted by molar-refractivity contribution is 6.29. The SMILES string of the molecule is CC1CCCCC1CNc1cc(Cl)ncn1. The van der Waals surface area contributed by atoms with Crippen LogP contribution in [0.2, 0.25) is 5.15 Å². The summed E-state index contributed by atoms with van der Waals surface area (Å²) in [5, 5.41) is 3.84. The summed E-state index contributed by atoms with van der Waals surface area (Å²) in [5.41, 5.74) is 0. The molecule has 0 saturated heterocycles. The third-order valence-electron chi connectivity index (χ3n) is 3.47. The molecule has 0 aliphatic heterocycles.